The van der Waals surface area contributed by atoms with Crippen molar-refractivity contribution in [1.82, 2.24) is 9.97 Å². The van der Waals surface area contributed by atoms with Gasteiger partial charge in [-0.1, -0.05) is 0 Å². The van der Waals surface area contributed by atoms with Gasteiger partial charge < -0.3 is 10.1 Å². The highest BCUT2D eigenvalue weighted by molar-refractivity contribution is 5.62. The second-order valence-corrected chi connectivity index (χ2v) is 3.65. The monoisotopic (exact) mass is 224 g/mol. The van der Waals surface area contributed by atoms with Crippen LogP contribution >= 0.6 is 0 Å². The molecule has 0 amide bonds. The van der Waals surface area contributed by atoms with E-state index in [1.165, 1.54) is 7.11 Å². The quantitative estimate of drug-likeness (QED) is 0.612. The van der Waals surface area contributed by atoms with Gasteiger partial charge in [0.05, 0.1) is 12.0 Å². The third kappa shape index (κ3) is 2.02. The van der Waals surface area contributed by atoms with Crippen LogP contribution in [-0.2, 0) is 0 Å². The van der Waals surface area contributed by atoms with Crippen molar-refractivity contribution in [2.45, 2.75) is 25.8 Å². The van der Waals surface area contributed by atoms with Gasteiger partial charge in [-0.2, -0.15) is 4.98 Å². The summed E-state index contributed by atoms with van der Waals surface area (Å²) < 4.78 is 4.90. The molecule has 0 bridgehead atoms. The Labute approximate surface area is 92.0 Å². The summed E-state index contributed by atoms with van der Waals surface area (Å²) in [5.74, 6) is 0.697. The molecule has 86 valence electrons. The standard InChI is InChI=1S/C9H12N4O3/c1-5-10-8(12-6-3-4-6)7(13(14)15)9(11-5)16-2/h6H,3-4H2,1-2H3,(H,10,11,12). The summed E-state index contributed by atoms with van der Waals surface area (Å²) in [6, 6.07) is 0.290. The number of nitrogens with one attached hydrogen (secondary N) is 1. The number of aryl methyl sites for hydroxylation is 1. The minimum atomic E-state index is -0.525. The number of nitrogens with zero attached hydrogens (tertiary/aromatic N) is 3. The highest BCUT2D eigenvalue weighted by Crippen LogP contribution is 2.34. The number of hydrogen-bond donors (Lipinski definition) is 1. The van der Waals surface area contributed by atoms with Crippen molar-refractivity contribution in [3.05, 3.63) is 15.9 Å². The minimum absolute atomic E-state index is 0.000602. The maximum absolute atomic E-state index is 10.9. The van der Waals surface area contributed by atoms with Crippen molar-refractivity contribution in [2.75, 3.05) is 12.4 Å². The fourth-order valence-corrected chi connectivity index (χ4v) is 1.37. The molecule has 0 spiro atoms. The zero-order valence-electron chi connectivity index (χ0n) is 9.06. The van der Waals surface area contributed by atoms with Gasteiger partial charge in [0.2, 0.25) is 5.82 Å². The van der Waals surface area contributed by atoms with Crippen molar-refractivity contribution in [2.24, 2.45) is 0 Å². The lowest BCUT2D eigenvalue weighted by Crippen LogP contribution is -2.09. The molecule has 0 aliphatic heterocycles. The van der Waals surface area contributed by atoms with Gasteiger partial charge in [-0.25, -0.2) is 4.98 Å². The molecule has 7 heteroatoms. The molecule has 1 fully saturated rings. The highest BCUT2D eigenvalue weighted by atomic mass is 16.6. The Balaban J connectivity index is 2.45. The fourth-order valence-electron chi connectivity index (χ4n) is 1.37. The van der Waals surface area contributed by atoms with E-state index in [0.29, 0.717) is 5.82 Å². The second kappa shape index (κ2) is 3.92. The van der Waals surface area contributed by atoms with Crippen molar-refractivity contribution < 1.29 is 9.66 Å². The van der Waals surface area contributed by atoms with Crippen LogP contribution in [0.5, 0.6) is 5.88 Å². The lowest BCUT2D eigenvalue weighted by atomic mass is 10.4. The van der Waals surface area contributed by atoms with E-state index in [1.807, 2.05) is 0 Å². The summed E-state index contributed by atoms with van der Waals surface area (Å²) in [6.07, 6.45) is 2.03. The van der Waals surface area contributed by atoms with Crippen LogP contribution in [0.15, 0.2) is 0 Å². The van der Waals surface area contributed by atoms with E-state index in [9.17, 15) is 10.1 Å². The maximum Gasteiger partial charge on any atom is 0.372 e. The summed E-state index contributed by atoms with van der Waals surface area (Å²) in [5, 5.41) is 13.9. The van der Waals surface area contributed by atoms with Gasteiger partial charge in [-0.05, 0) is 19.8 Å². The first-order valence-corrected chi connectivity index (χ1v) is 4.95. The number of ether oxygens (including phenoxy) is 1. The minimum Gasteiger partial charge on any atom is -0.476 e. The lowest BCUT2D eigenvalue weighted by molar-refractivity contribution is -0.385. The summed E-state index contributed by atoms with van der Waals surface area (Å²) in [4.78, 5) is 18.3. The molecule has 0 aromatic carbocycles. The first kappa shape index (κ1) is 10.6. The van der Waals surface area contributed by atoms with Gasteiger partial charge in [-0.3, -0.25) is 10.1 Å². The van der Waals surface area contributed by atoms with Gasteiger partial charge in [0.1, 0.15) is 5.82 Å². The van der Waals surface area contributed by atoms with E-state index in [-0.39, 0.29) is 23.4 Å². The maximum atomic E-state index is 10.9. The Bertz CT molecular complexity index is 431. The number of anilines is 1. The molecule has 0 saturated heterocycles. The van der Waals surface area contributed by atoms with E-state index < -0.39 is 4.92 Å². The van der Waals surface area contributed by atoms with Crippen molar-refractivity contribution >= 4 is 11.5 Å². The number of hydrogen-bond acceptors (Lipinski definition) is 6. The average Bonchev–Trinajstić information content (AvgIpc) is 2.99. The normalized spacial score (nSPS) is 14.6. The summed E-state index contributed by atoms with van der Waals surface area (Å²) in [6.45, 7) is 1.67. The van der Waals surface area contributed by atoms with E-state index in [1.54, 1.807) is 6.92 Å². The zero-order valence-corrected chi connectivity index (χ0v) is 9.06. The van der Waals surface area contributed by atoms with Crippen molar-refractivity contribution in [3.8, 4) is 5.88 Å². The van der Waals surface area contributed by atoms with E-state index >= 15 is 0 Å². The molecular weight excluding hydrogens is 212 g/mol. The molecule has 0 unspecified atom stereocenters. The van der Waals surface area contributed by atoms with Crippen LogP contribution < -0.4 is 10.1 Å². The predicted octanol–water partition coefficient (Wildman–Crippen LogP) is 1.28. The van der Waals surface area contributed by atoms with Gasteiger partial charge in [0, 0.05) is 6.04 Å². The van der Waals surface area contributed by atoms with Gasteiger partial charge in [0.25, 0.3) is 5.88 Å². The molecule has 7 nitrogen and oxygen atoms in total. The first-order chi connectivity index (χ1) is 7.61. The lowest BCUT2D eigenvalue weighted by Gasteiger charge is -2.07. The highest BCUT2D eigenvalue weighted by Gasteiger charge is 2.30. The topological polar surface area (TPSA) is 90.2 Å². The second-order valence-electron chi connectivity index (χ2n) is 3.65. The van der Waals surface area contributed by atoms with Crippen molar-refractivity contribution in [3.63, 3.8) is 0 Å². The number of nitro groups is 1. The molecule has 1 heterocycles. The SMILES string of the molecule is COc1nc(C)nc(NC2CC2)c1[N+](=O)[O-]. The number of methoxy groups -OCH3 is 1. The number of rotatable bonds is 4. The fraction of sp³-hybridized carbons (Fsp3) is 0.556. The van der Waals surface area contributed by atoms with Crippen LogP contribution in [0.2, 0.25) is 0 Å². The van der Waals surface area contributed by atoms with E-state index in [4.69, 9.17) is 4.74 Å². The van der Waals surface area contributed by atoms with Crippen molar-refractivity contribution in [1.29, 1.82) is 0 Å². The first-order valence-electron chi connectivity index (χ1n) is 4.95. The van der Waals surface area contributed by atoms with Crippen LogP contribution in [0.25, 0.3) is 0 Å². The average molecular weight is 224 g/mol. The molecule has 2 rings (SSSR count). The Kier molecular flexibility index (Phi) is 2.59. The van der Waals surface area contributed by atoms with Crippen LogP contribution in [0.1, 0.15) is 18.7 Å². The van der Waals surface area contributed by atoms with Crippen LogP contribution in [0.3, 0.4) is 0 Å². The Morgan fingerprint density at radius 1 is 1.50 bits per heavy atom. The van der Waals surface area contributed by atoms with Crippen LogP contribution in [0.4, 0.5) is 11.5 Å². The Morgan fingerprint density at radius 3 is 2.69 bits per heavy atom. The Hall–Kier alpha value is -1.92. The van der Waals surface area contributed by atoms with Gasteiger partial charge in [0.15, 0.2) is 0 Å². The molecule has 1 aromatic heterocycles. The molecule has 1 N–H and O–H groups in total. The zero-order chi connectivity index (χ0) is 11.7. The third-order valence-corrected chi connectivity index (χ3v) is 2.26. The number of aromatic nitrogens is 2. The van der Waals surface area contributed by atoms with Gasteiger partial charge in [-0.15, -0.1) is 0 Å². The summed E-state index contributed by atoms with van der Waals surface area (Å²) in [5.41, 5.74) is -0.194. The smallest absolute Gasteiger partial charge is 0.372 e. The predicted molar refractivity (Wildman–Crippen MR) is 56.6 cm³/mol. The molecule has 1 aromatic rings. The van der Waals surface area contributed by atoms with Crippen LogP contribution in [0, 0.1) is 17.0 Å². The van der Waals surface area contributed by atoms with Crippen LogP contribution in [-0.4, -0.2) is 28.0 Å². The van der Waals surface area contributed by atoms with E-state index in [2.05, 4.69) is 15.3 Å². The summed E-state index contributed by atoms with van der Waals surface area (Å²) >= 11 is 0. The third-order valence-electron chi connectivity index (χ3n) is 2.26. The van der Waals surface area contributed by atoms with E-state index in [0.717, 1.165) is 12.8 Å². The molecule has 0 radical (unpaired) electrons. The molecule has 1 aliphatic carbocycles. The van der Waals surface area contributed by atoms with Gasteiger partial charge >= 0.3 is 5.69 Å². The largest absolute Gasteiger partial charge is 0.476 e. The molecule has 1 saturated carbocycles. The molecule has 1 aliphatic rings. The summed E-state index contributed by atoms with van der Waals surface area (Å²) in [7, 11) is 1.36. The molecule has 16 heavy (non-hydrogen) atoms. The molecular formula is C9H12N4O3. The molecule has 0 atom stereocenters. The Morgan fingerprint density at radius 2 is 2.19 bits per heavy atom.